The highest BCUT2D eigenvalue weighted by Gasteiger charge is 2.26. The molecule has 0 saturated carbocycles. The molecule has 3 aromatic rings. The van der Waals surface area contributed by atoms with E-state index < -0.39 is 5.97 Å². The van der Waals surface area contributed by atoms with Gasteiger partial charge in [0.1, 0.15) is 10.8 Å². The van der Waals surface area contributed by atoms with E-state index in [1.165, 1.54) is 11.3 Å². The number of aromatic hydroxyl groups is 1. The number of carbonyl (C=O) groups excluding carboxylic acids is 1. The summed E-state index contributed by atoms with van der Waals surface area (Å²) in [7, 11) is 0. The number of hydrogen-bond donors (Lipinski definition) is 1. The highest BCUT2D eigenvalue weighted by atomic mass is 32.1. The van der Waals surface area contributed by atoms with Crippen LogP contribution in [0.15, 0.2) is 66.6 Å². The Labute approximate surface area is 198 Å². The highest BCUT2D eigenvalue weighted by Crippen LogP contribution is 2.33. The smallest absolute Gasteiger partial charge is 0.357 e. The molecule has 0 spiro atoms. The second-order valence-electron chi connectivity index (χ2n) is 8.00. The number of phenols is 1. The van der Waals surface area contributed by atoms with Crippen LogP contribution >= 0.6 is 11.3 Å². The molecule has 0 aliphatic carbocycles. The number of aromatic nitrogens is 1. The van der Waals surface area contributed by atoms with Gasteiger partial charge in [0, 0.05) is 43.7 Å². The number of benzene rings is 2. The Balaban J connectivity index is 1.59. The lowest BCUT2D eigenvalue weighted by molar-refractivity contribution is 0.0520. The first-order chi connectivity index (χ1) is 16.1. The summed E-state index contributed by atoms with van der Waals surface area (Å²) < 4.78 is 5.05. The summed E-state index contributed by atoms with van der Waals surface area (Å²) in [6.45, 7) is 10.7. The molecule has 1 aliphatic rings. The van der Waals surface area contributed by atoms with Crippen molar-refractivity contribution in [3.8, 4) is 16.3 Å². The zero-order valence-electron chi connectivity index (χ0n) is 18.8. The van der Waals surface area contributed by atoms with E-state index in [1.54, 1.807) is 18.4 Å². The molecule has 0 bridgehead atoms. The molecule has 6 nitrogen and oxygen atoms in total. The van der Waals surface area contributed by atoms with Crippen molar-refractivity contribution in [2.75, 3.05) is 39.3 Å². The fourth-order valence-corrected chi connectivity index (χ4v) is 5.00. The molecule has 2 heterocycles. The van der Waals surface area contributed by atoms with Crippen molar-refractivity contribution in [2.45, 2.75) is 13.0 Å². The number of ether oxygens (including phenoxy) is 1. The van der Waals surface area contributed by atoms with Gasteiger partial charge in [-0.25, -0.2) is 9.78 Å². The summed E-state index contributed by atoms with van der Waals surface area (Å²) in [6.07, 6.45) is 1.95. The SMILES string of the molecule is C=CCN1CCN([C@H](c2ccc(-c3nc(C(=O)OCC)cs3)cc2)c2cccc(O)c2)CC1. The molecule has 2 aromatic carbocycles. The lowest BCUT2D eigenvalue weighted by Crippen LogP contribution is -2.47. The standard InChI is InChI=1S/C26H29N3O3S/c1-3-12-28-13-15-29(16-14-28)24(21-6-5-7-22(30)17-21)19-8-10-20(11-9-19)25-27-23(18-33-25)26(31)32-4-2/h3,5-11,17-18,24,30H,1,4,12-16H2,2H3/t24-/m1/s1. The number of phenolic OH excluding ortho intramolecular Hbond substituents is 1. The van der Waals surface area contributed by atoms with Gasteiger partial charge in [0.05, 0.1) is 12.6 Å². The third kappa shape index (κ3) is 5.50. The van der Waals surface area contributed by atoms with Crippen LogP contribution in [-0.2, 0) is 4.74 Å². The van der Waals surface area contributed by atoms with E-state index in [9.17, 15) is 9.90 Å². The van der Waals surface area contributed by atoms with Gasteiger partial charge in [-0.2, -0.15) is 0 Å². The number of hydrogen-bond acceptors (Lipinski definition) is 7. The zero-order valence-corrected chi connectivity index (χ0v) is 19.6. The van der Waals surface area contributed by atoms with E-state index >= 15 is 0 Å². The van der Waals surface area contributed by atoms with Gasteiger partial charge in [0.25, 0.3) is 0 Å². The van der Waals surface area contributed by atoms with Gasteiger partial charge in [-0.05, 0) is 30.2 Å². The van der Waals surface area contributed by atoms with Crippen molar-refractivity contribution in [1.29, 1.82) is 0 Å². The molecular weight excluding hydrogens is 434 g/mol. The first-order valence-electron chi connectivity index (χ1n) is 11.2. The molecule has 4 rings (SSSR count). The van der Waals surface area contributed by atoms with E-state index in [2.05, 4.69) is 39.6 Å². The second kappa shape index (κ2) is 10.7. The predicted octanol–water partition coefficient (Wildman–Crippen LogP) is 4.59. The van der Waals surface area contributed by atoms with Crippen molar-refractivity contribution < 1.29 is 14.6 Å². The first-order valence-corrected chi connectivity index (χ1v) is 12.1. The van der Waals surface area contributed by atoms with Crippen LogP contribution in [-0.4, -0.2) is 65.2 Å². The Kier molecular flexibility index (Phi) is 7.54. The normalized spacial score (nSPS) is 15.8. The topological polar surface area (TPSA) is 65.9 Å². The summed E-state index contributed by atoms with van der Waals surface area (Å²) in [4.78, 5) is 21.3. The number of rotatable bonds is 8. The second-order valence-corrected chi connectivity index (χ2v) is 8.86. The van der Waals surface area contributed by atoms with Crippen LogP contribution in [0.1, 0.15) is 34.6 Å². The molecule has 7 heteroatoms. The molecule has 1 fully saturated rings. The predicted molar refractivity (Wildman–Crippen MR) is 132 cm³/mol. The van der Waals surface area contributed by atoms with Crippen molar-refractivity contribution in [3.05, 3.63) is 83.4 Å². The van der Waals surface area contributed by atoms with Gasteiger partial charge < -0.3 is 9.84 Å². The van der Waals surface area contributed by atoms with E-state index in [1.807, 2.05) is 30.3 Å². The molecule has 0 unspecified atom stereocenters. The lowest BCUT2D eigenvalue weighted by atomic mass is 9.95. The van der Waals surface area contributed by atoms with Crippen molar-refractivity contribution in [3.63, 3.8) is 0 Å². The summed E-state index contributed by atoms with van der Waals surface area (Å²) >= 11 is 1.43. The fourth-order valence-electron chi connectivity index (χ4n) is 4.21. The number of nitrogens with zero attached hydrogens (tertiary/aromatic N) is 3. The van der Waals surface area contributed by atoms with Crippen LogP contribution in [0.3, 0.4) is 0 Å². The Bertz CT molecular complexity index is 1090. The number of piperazine rings is 1. The molecule has 1 atom stereocenters. The summed E-state index contributed by atoms with van der Waals surface area (Å²) in [5, 5.41) is 12.6. The van der Waals surface area contributed by atoms with Crippen molar-refractivity contribution in [1.82, 2.24) is 14.8 Å². The fraction of sp³-hybridized carbons (Fsp3) is 0.308. The molecule has 33 heavy (non-hydrogen) atoms. The molecule has 0 radical (unpaired) electrons. The van der Waals surface area contributed by atoms with Gasteiger partial charge >= 0.3 is 5.97 Å². The average molecular weight is 464 g/mol. The summed E-state index contributed by atoms with van der Waals surface area (Å²) in [5.74, 6) is -0.121. The highest BCUT2D eigenvalue weighted by molar-refractivity contribution is 7.13. The first kappa shape index (κ1) is 23.2. The maximum atomic E-state index is 11.9. The minimum absolute atomic E-state index is 0.0448. The summed E-state index contributed by atoms with van der Waals surface area (Å²) in [5.41, 5.74) is 3.53. The van der Waals surface area contributed by atoms with Crippen LogP contribution in [0.5, 0.6) is 5.75 Å². The average Bonchev–Trinajstić information content (AvgIpc) is 3.32. The van der Waals surface area contributed by atoms with Crippen molar-refractivity contribution in [2.24, 2.45) is 0 Å². The Hall–Kier alpha value is -3.00. The van der Waals surface area contributed by atoms with E-state index in [-0.39, 0.29) is 11.8 Å². The van der Waals surface area contributed by atoms with Crippen LogP contribution in [0, 0.1) is 0 Å². The number of carbonyl (C=O) groups is 1. The maximum Gasteiger partial charge on any atom is 0.357 e. The van der Waals surface area contributed by atoms with Gasteiger partial charge in [0.15, 0.2) is 5.69 Å². The van der Waals surface area contributed by atoms with Crippen LogP contribution in [0.2, 0.25) is 0 Å². The quantitative estimate of drug-likeness (QED) is 0.390. The third-order valence-corrected chi connectivity index (χ3v) is 6.70. The molecule has 1 aromatic heterocycles. The van der Waals surface area contributed by atoms with Gasteiger partial charge in [-0.1, -0.05) is 42.5 Å². The number of esters is 1. The molecule has 1 saturated heterocycles. The van der Waals surface area contributed by atoms with E-state index in [0.717, 1.165) is 54.4 Å². The van der Waals surface area contributed by atoms with Crippen LogP contribution < -0.4 is 0 Å². The minimum Gasteiger partial charge on any atom is -0.508 e. The molecule has 1 aliphatic heterocycles. The Morgan fingerprint density at radius 3 is 2.61 bits per heavy atom. The largest absolute Gasteiger partial charge is 0.508 e. The number of thiazole rings is 1. The lowest BCUT2D eigenvalue weighted by Gasteiger charge is -2.39. The van der Waals surface area contributed by atoms with E-state index in [4.69, 9.17) is 4.74 Å². The van der Waals surface area contributed by atoms with Gasteiger partial charge in [-0.15, -0.1) is 17.9 Å². The Morgan fingerprint density at radius 2 is 1.94 bits per heavy atom. The van der Waals surface area contributed by atoms with Gasteiger partial charge in [-0.3, -0.25) is 9.80 Å². The van der Waals surface area contributed by atoms with E-state index in [0.29, 0.717) is 12.3 Å². The Morgan fingerprint density at radius 1 is 1.18 bits per heavy atom. The third-order valence-electron chi connectivity index (χ3n) is 5.81. The maximum absolute atomic E-state index is 11.9. The summed E-state index contributed by atoms with van der Waals surface area (Å²) in [6, 6.07) is 15.9. The molecule has 172 valence electrons. The van der Waals surface area contributed by atoms with Crippen molar-refractivity contribution >= 4 is 17.3 Å². The molecular formula is C26H29N3O3S. The van der Waals surface area contributed by atoms with Crippen LogP contribution in [0.4, 0.5) is 0 Å². The monoisotopic (exact) mass is 463 g/mol. The zero-order chi connectivity index (χ0) is 23.2. The minimum atomic E-state index is -0.392. The molecule has 1 N–H and O–H groups in total. The van der Waals surface area contributed by atoms with Gasteiger partial charge in [0.2, 0.25) is 0 Å². The molecule has 0 amide bonds. The van der Waals surface area contributed by atoms with Crippen LogP contribution in [0.25, 0.3) is 10.6 Å².